The van der Waals surface area contributed by atoms with Crippen molar-refractivity contribution in [2.24, 2.45) is 5.73 Å². The summed E-state index contributed by atoms with van der Waals surface area (Å²) in [7, 11) is 0. The van der Waals surface area contributed by atoms with Gasteiger partial charge in [0.15, 0.2) is 0 Å². The Morgan fingerprint density at radius 1 is 1.33 bits per heavy atom. The maximum absolute atomic E-state index is 12.3. The van der Waals surface area contributed by atoms with Crippen molar-refractivity contribution in [1.82, 2.24) is 24.9 Å². The molecule has 4 rings (SSSR count). The van der Waals surface area contributed by atoms with Crippen LogP contribution in [0.4, 0.5) is 5.82 Å². The van der Waals surface area contributed by atoms with Crippen molar-refractivity contribution < 1.29 is 9.59 Å². The van der Waals surface area contributed by atoms with Gasteiger partial charge >= 0.3 is 0 Å². The Morgan fingerprint density at radius 3 is 2.87 bits per heavy atom. The second-order valence-electron chi connectivity index (χ2n) is 7.11. The quantitative estimate of drug-likeness (QED) is 0.515. The smallest absolute Gasteiger partial charge is 0.254 e. The number of fused-ring (bicyclic) bond motifs is 1. The Morgan fingerprint density at radius 2 is 2.13 bits per heavy atom. The zero-order chi connectivity index (χ0) is 21.1. The highest BCUT2D eigenvalue weighted by atomic mass is 16.1. The number of nitrogens with one attached hydrogen (secondary N) is 2. The standard InChI is InChI=1S/C21H23N7O2/c1-2-17(29)24-11-16-8-9-23-21-18(20(22)30)19(26-28(16)21)15-10-25-27(13-15)12-14-6-4-3-5-7-14/h2-7,10,13,16,23H,1,8-9,11-12H2,(H2,22,30)(H,24,29). The summed E-state index contributed by atoms with van der Waals surface area (Å²) in [6, 6.07) is 9.87. The van der Waals surface area contributed by atoms with Crippen molar-refractivity contribution in [3.8, 4) is 11.3 Å². The molecule has 1 aromatic carbocycles. The van der Waals surface area contributed by atoms with Crippen molar-refractivity contribution in [1.29, 1.82) is 0 Å². The molecule has 2 amide bonds. The highest BCUT2D eigenvalue weighted by molar-refractivity contribution is 6.03. The van der Waals surface area contributed by atoms with E-state index >= 15 is 0 Å². The minimum Gasteiger partial charge on any atom is -0.370 e. The van der Waals surface area contributed by atoms with E-state index in [2.05, 4.69) is 27.4 Å². The summed E-state index contributed by atoms with van der Waals surface area (Å²) in [6.07, 6.45) is 5.50. The van der Waals surface area contributed by atoms with E-state index in [1.165, 1.54) is 6.08 Å². The molecule has 9 nitrogen and oxygen atoms in total. The van der Waals surface area contributed by atoms with Gasteiger partial charge in [0.25, 0.3) is 5.91 Å². The molecule has 0 saturated heterocycles. The lowest BCUT2D eigenvalue weighted by Crippen LogP contribution is -2.34. The van der Waals surface area contributed by atoms with E-state index < -0.39 is 5.91 Å². The minimum atomic E-state index is -0.565. The van der Waals surface area contributed by atoms with E-state index in [1.54, 1.807) is 15.6 Å². The molecule has 0 aliphatic carbocycles. The molecule has 1 aliphatic rings. The number of amides is 2. The molecule has 4 N–H and O–H groups in total. The highest BCUT2D eigenvalue weighted by Crippen LogP contribution is 2.33. The fourth-order valence-corrected chi connectivity index (χ4v) is 3.60. The first kappa shape index (κ1) is 19.4. The van der Waals surface area contributed by atoms with E-state index in [1.807, 2.05) is 36.5 Å². The Kier molecular flexibility index (Phi) is 5.34. The summed E-state index contributed by atoms with van der Waals surface area (Å²) >= 11 is 0. The van der Waals surface area contributed by atoms with Gasteiger partial charge in [-0.3, -0.25) is 14.3 Å². The zero-order valence-electron chi connectivity index (χ0n) is 16.4. The van der Waals surface area contributed by atoms with Gasteiger partial charge in [0.05, 0.1) is 18.8 Å². The van der Waals surface area contributed by atoms with Gasteiger partial charge in [-0.15, -0.1) is 0 Å². The second kappa shape index (κ2) is 8.24. The van der Waals surface area contributed by atoms with E-state index in [9.17, 15) is 9.59 Å². The fraction of sp³-hybridized carbons (Fsp3) is 0.238. The summed E-state index contributed by atoms with van der Waals surface area (Å²) < 4.78 is 3.53. The molecular formula is C21H23N7O2. The number of rotatable bonds is 7. The molecule has 0 fully saturated rings. The minimum absolute atomic E-state index is 0.101. The molecule has 3 aromatic rings. The molecule has 30 heavy (non-hydrogen) atoms. The lowest BCUT2D eigenvalue weighted by atomic mass is 10.1. The third-order valence-corrected chi connectivity index (χ3v) is 5.06. The molecular weight excluding hydrogens is 382 g/mol. The molecule has 1 aliphatic heterocycles. The maximum Gasteiger partial charge on any atom is 0.254 e. The van der Waals surface area contributed by atoms with Crippen molar-refractivity contribution in [2.45, 2.75) is 19.0 Å². The molecule has 0 radical (unpaired) electrons. The van der Waals surface area contributed by atoms with Crippen LogP contribution in [0.2, 0.25) is 0 Å². The fourth-order valence-electron chi connectivity index (χ4n) is 3.60. The van der Waals surface area contributed by atoms with Crippen molar-refractivity contribution in [2.75, 3.05) is 18.4 Å². The predicted octanol–water partition coefficient (Wildman–Crippen LogP) is 1.55. The number of aromatic nitrogens is 4. The first-order valence-corrected chi connectivity index (χ1v) is 9.70. The number of nitrogens with two attached hydrogens (primary N) is 1. The number of anilines is 1. The number of hydrogen-bond donors (Lipinski definition) is 3. The van der Waals surface area contributed by atoms with Gasteiger partial charge in [-0.25, -0.2) is 4.68 Å². The lowest BCUT2D eigenvalue weighted by Gasteiger charge is -2.26. The third kappa shape index (κ3) is 3.82. The summed E-state index contributed by atoms with van der Waals surface area (Å²) in [5.41, 5.74) is 8.33. The molecule has 2 aromatic heterocycles. The SMILES string of the molecule is C=CC(=O)NCC1CCNc2c(C(N)=O)c(-c3cnn(Cc4ccccc4)c3)nn21. The molecule has 3 heterocycles. The maximum atomic E-state index is 12.3. The molecule has 0 spiro atoms. The average molecular weight is 405 g/mol. The Bertz CT molecular complexity index is 1080. The number of benzene rings is 1. The summed E-state index contributed by atoms with van der Waals surface area (Å²) in [5.74, 6) is -0.248. The van der Waals surface area contributed by atoms with Crippen LogP contribution in [-0.2, 0) is 11.3 Å². The molecule has 154 valence electrons. The third-order valence-electron chi connectivity index (χ3n) is 5.06. The average Bonchev–Trinajstić information content (AvgIpc) is 3.37. The van der Waals surface area contributed by atoms with Gasteiger partial charge in [-0.2, -0.15) is 10.2 Å². The van der Waals surface area contributed by atoms with Crippen LogP contribution in [0.3, 0.4) is 0 Å². The van der Waals surface area contributed by atoms with E-state index in [-0.39, 0.29) is 11.9 Å². The van der Waals surface area contributed by atoms with Crippen LogP contribution in [-0.4, -0.2) is 44.5 Å². The van der Waals surface area contributed by atoms with E-state index in [0.717, 1.165) is 12.0 Å². The van der Waals surface area contributed by atoms with Crippen LogP contribution in [0.5, 0.6) is 0 Å². The topological polar surface area (TPSA) is 120 Å². The van der Waals surface area contributed by atoms with Crippen molar-refractivity contribution in [3.05, 3.63) is 66.5 Å². The summed E-state index contributed by atoms with van der Waals surface area (Å²) in [4.78, 5) is 23.8. The Balaban J connectivity index is 1.65. The molecule has 1 atom stereocenters. The van der Waals surface area contributed by atoms with Crippen LogP contribution < -0.4 is 16.4 Å². The normalized spacial score (nSPS) is 15.1. The van der Waals surface area contributed by atoms with Gasteiger partial charge < -0.3 is 16.4 Å². The van der Waals surface area contributed by atoms with Gasteiger partial charge in [0, 0.05) is 24.8 Å². The number of carbonyl (C=O) groups excluding carboxylic acids is 2. The van der Waals surface area contributed by atoms with Crippen LogP contribution in [0.15, 0.2) is 55.4 Å². The van der Waals surface area contributed by atoms with E-state index in [0.29, 0.717) is 42.3 Å². The largest absolute Gasteiger partial charge is 0.370 e. The lowest BCUT2D eigenvalue weighted by molar-refractivity contribution is -0.116. The first-order chi connectivity index (χ1) is 14.6. The monoisotopic (exact) mass is 405 g/mol. The second-order valence-corrected chi connectivity index (χ2v) is 7.11. The molecule has 0 bridgehead atoms. The van der Waals surface area contributed by atoms with Gasteiger partial charge in [0.1, 0.15) is 17.1 Å². The van der Waals surface area contributed by atoms with Crippen molar-refractivity contribution >= 4 is 17.6 Å². The van der Waals surface area contributed by atoms with Gasteiger partial charge in [-0.1, -0.05) is 36.9 Å². The van der Waals surface area contributed by atoms with Gasteiger partial charge in [-0.05, 0) is 18.1 Å². The first-order valence-electron chi connectivity index (χ1n) is 9.70. The zero-order valence-corrected chi connectivity index (χ0v) is 16.4. The van der Waals surface area contributed by atoms with Gasteiger partial charge in [0.2, 0.25) is 5.91 Å². The van der Waals surface area contributed by atoms with Crippen LogP contribution >= 0.6 is 0 Å². The highest BCUT2D eigenvalue weighted by Gasteiger charge is 2.30. The number of nitrogens with zero attached hydrogens (tertiary/aromatic N) is 4. The Hall–Kier alpha value is -3.88. The molecule has 1 unspecified atom stereocenters. The summed E-state index contributed by atoms with van der Waals surface area (Å²) in [5, 5.41) is 15.1. The van der Waals surface area contributed by atoms with Crippen LogP contribution in [0.25, 0.3) is 11.3 Å². The number of primary amides is 1. The van der Waals surface area contributed by atoms with E-state index in [4.69, 9.17) is 5.73 Å². The number of hydrogen-bond acceptors (Lipinski definition) is 5. The van der Waals surface area contributed by atoms with Crippen molar-refractivity contribution in [3.63, 3.8) is 0 Å². The predicted molar refractivity (Wildman–Crippen MR) is 113 cm³/mol. The summed E-state index contributed by atoms with van der Waals surface area (Å²) in [6.45, 7) is 5.10. The molecule has 0 saturated carbocycles. The van der Waals surface area contributed by atoms with Crippen LogP contribution in [0, 0.1) is 0 Å². The van der Waals surface area contributed by atoms with Crippen LogP contribution in [0.1, 0.15) is 28.4 Å². The molecule has 9 heteroatoms. The number of carbonyl (C=O) groups is 2. The Labute approximate surface area is 173 Å².